The molecule has 1 aliphatic heterocycles. The fourth-order valence-corrected chi connectivity index (χ4v) is 3.00. The van der Waals surface area contributed by atoms with Gasteiger partial charge in [-0.2, -0.15) is 11.8 Å². The standard InChI is InChI=1S/C11H14FN3OS/c12-9-8(1-3-14-10(9)13)11(16)15-5-7-2-4-17-6-7/h1,3,7H,2,4-6H2,(H2,13,14)(H,15,16). The number of aromatic nitrogens is 1. The predicted molar refractivity (Wildman–Crippen MR) is 66.4 cm³/mol. The van der Waals surface area contributed by atoms with Gasteiger partial charge in [-0.1, -0.05) is 0 Å². The molecule has 1 aliphatic rings. The Labute approximate surface area is 103 Å². The van der Waals surface area contributed by atoms with Gasteiger partial charge < -0.3 is 11.1 Å². The SMILES string of the molecule is Nc1nccc(C(=O)NCC2CCSC2)c1F. The van der Waals surface area contributed by atoms with E-state index in [9.17, 15) is 9.18 Å². The number of nitrogens with zero attached hydrogens (tertiary/aromatic N) is 1. The summed E-state index contributed by atoms with van der Waals surface area (Å²) in [6, 6.07) is 1.34. The van der Waals surface area contributed by atoms with Crippen LogP contribution >= 0.6 is 11.8 Å². The van der Waals surface area contributed by atoms with E-state index in [1.54, 1.807) is 0 Å². The van der Waals surface area contributed by atoms with Gasteiger partial charge in [0.2, 0.25) is 0 Å². The highest BCUT2D eigenvalue weighted by Crippen LogP contribution is 2.22. The summed E-state index contributed by atoms with van der Waals surface area (Å²) in [5.74, 6) is 1.28. The second-order valence-electron chi connectivity index (χ2n) is 4.00. The molecule has 1 saturated heterocycles. The van der Waals surface area contributed by atoms with Gasteiger partial charge in [-0.3, -0.25) is 4.79 Å². The number of thioether (sulfide) groups is 1. The van der Waals surface area contributed by atoms with Crippen LogP contribution < -0.4 is 11.1 Å². The maximum Gasteiger partial charge on any atom is 0.254 e. The molecule has 0 spiro atoms. The molecule has 1 aromatic heterocycles. The molecule has 0 bridgehead atoms. The third-order valence-corrected chi connectivity index (χ3v) is 3.97. The molecule has 1 fully saturated rings. The summed E-state index contributed by atoms with van der Waals surface area (Å²) >= 11 is 1.88. The summed E-state index contributed by atoms with van der Waals surface area (Å²) < 4.78 is 13.5. The van der Waals surface area contributed by atoms with Crippen LogP contribution in [0.5, 0.6) is 0 Å². The number of carbonyl (C=O) groups is 1. The van der Waals surface area contributed by atoms with Crippen molar-refractivity contribution in [2.45, 2.75) is 6.42 Å². The van der Waals surface area contributed by atoms with Crippen molar-refractivity contribution >= 4 is 23.5 Å². The molecule has 4 nitrogen and oxygen atoms in total. The smallest absolute Gasteiger partial charge is 0.254 e. The van der Waals surface area contributed by atoms with Crippen LogP contribution in [0.3, 0.4) is 0 Å². The second-order valence-corrected chi connectivity index (χ2v) is 5.15. The van der Waals surface area contributed by atoms with E-state index in [4.69, 9.17) is 5.73 Å². The number of hydrogen-bond donors (Lipinski definition) is 2. The van der Waals surface area contributed by atoms with Crippen LogP contribution in [0.25, 0.3) is 0 Å². The van der Waals surface area contributed by atoms with Gasteiger partial charge in [0.15, 0.2) is 11.6 Å². The van der Waals surface area contributed by atoms with E-state index in [1.807, 2.05) is 11.8 Å². The molecular formula is C11H14FN3OS. The fraction of sp³-hybridized carbons (Fsp3) is 0.455. The van der Waals surface area contributed by atoms with Crippen LogP contribution in [0, 0.1) is 11.7 Å². The van der Waals surface area contributed by atoms with Crippen LogP contribution in [0.4, 0.5) is 10.2 Å². The molecule has 2 heterocycles. The topological polar surface area (TPSA) is 68.0 Å². The molecule has 0 radical (unpaired) electrons. The molecule has 1 amide bonds. The zero-order valence-electron chi connectivity index (χ0n) is 9.28. The summed E-state index contributed by atoms with van der Waals surface area (Å²) in [6.07, 6.45) is 2.44. The molecular weight excluding hydrogens is 241 g/mol. The van der Waals surface area contributed by atoms with Gasteiger partial charge in [-0.15, -0.1) is 0 Å². The Kier molecular flexibility index (Phi) is 3.83. The highest BCUT2D eigenvalue weighted by atomic mass is 32.2. The molecule has 92 valence electrons. The number of hydrogen-bond acceptors (Lipinski definition) is 4. The van der Waals surface area contributed by atoms with Crippen LogP contribution in [-0.4, -0.2) is 28.9 Å². The molecule has 0 saturated carbocycles. The number of halogens is 1. The number of amides is 1. The van der Waals surface area contributed by atoms with Crippen molar-refractivity contribution in [3.05, 3.63) is 23.6 Å². The minimum Gasteiger partial charge on any atom is -0.381 e. The van der Waals surface area contributed by atoms with Gasteiger partial charge in [0.25, 0.3) is 5.91 Å². The Hall–Kier alpha value is -1.30. The van der Waals surface area contributed by atoms with E-state index in [2.05, 4.69) is 10.3 Å². The molecule has 2 rings (SSSR count). The summed E-state index contributed by atoms with van der Waals surface area (Å²) in [5, 5.41) is 2.73. The number of pyridine rings is 1. The summed E-state index contributed by atoms with van der Waals surface area (Å²) in [5.41, 5.74) is 5.27. The Morgan fingerprint density at radius 2 is 2.53 bits per heavy atom. The first kappa shape index (κ1) is 12.2. The summed E-state index contributed by atoms with van der Waals surface area (Å²) in [7, 11) is 0. The van der Waals surface area contributed by atoms with Gasteiger partial charge >= 0.3 is 0 Å². The highest BCUT2D eigenvalue weighted by Gasteiger charge is 2.18. The maximum atomic E-state index is 13.5. The Morgan fingerprint density at radius 3 is 3.24 bits per heavy atom. The van der Waals surface area contributed by atoms with E-state index in [0.29, 0.717) is 12.5 Å². The van der Waals surface area contributed by atoms with Crippen molar-refractivity contribution in [1.29, 1.82) is 0 Å². The van der Waals surface area contributed by atoms with Gasteiger partial charge in [0, 0.05) is 12.7 Å². The van der Waals surface area contributed by atoms with Gasteiger partial charge in [-0.05, 0) is 29.9 Å². The van der Waals surface area contributed by atoms with Gasteiger partial charge in [0.1, 0.15) is 0 Å². The van der Waals surface area contributed by atoms with E-state index in [-0.39, 0.29) is 11.4 Å². The number of rotatable bonds is 3. The summed E-state index contributed by atoms with van der Waals surface area (Å²) in [6.45, 7) is 0.591. The van der Waals surface area contributed by atoms with Gasteiger partial charge in [-0.25, -0.2) is 9.37 Å². The Bertz CT molecular complexity index is 421. The van der Waals surface area contributed by atoms with E-state index >= 15 is 0 Å². The Balaban J connectivity index is 1.97. The van der Waals surface area contributed by atoms with Crippen molar-refractivity contribution < 1.29 is 9.18 Å². The highest BCUT2D eigenvalue weighted by molar-refractivity contribution is 7.99. The van der Waals surface area contributed by atoms with E-state index < -0.39 is 11.7 Å². The molecule has 0 aromatic carbocycles. The molecule has 0 aliphatic carbocycles. The summed E-state index contributed by atoms with van der Waals surface area (Å²) in [4.78, 5) is 15.3. The monoisotopic (exact) mass is 255 g/mol. The molecule has 1 atom stereocenters. The number of nitrogen functional groups attached to an aromatic ring is 1. The lowest BCUT2D eigenvalue weighted by Crippen LogP contribution is -2.30. The number of anilines is 1. The third kappa shape index (κ3) is 2.88. The van der Waals surface area contributed by atoms with E-state index in [1.165, 1.54) is 12.3 Å². The van der Waals surface area contributed by atoms with Crippen molar-refractivity contribution in [2.75, 3.05) is 23.8 Å². The second kappa shape index (κ2) is 5.35. The number of nitrogens with two attached hydrogens (primary N) is 1. The zero-order chi connectivity index (χ0) is 12.3. The fourth-order valence-electron chi connectivity index (χ4n) is 1.71. The van der Waals surface area contributed by atoms with Gasteiger partial charge in [0.05, 0.1) is 5.56 Å². The third-order valence-electron chi connectivity index (χ3n) is 2.74. The predicted octanol–water partition coefficient (Wildman–Crippen LogP) is 1.29. The molecule has 3 N–H and O–H groups in total. The first-order valence-corrected chi connectivity index (χ1v) is 6.60. The minimum absolute atomic E-state index is 0.0387. The van der Waals surface area contributed by atoms with Crippen LogP contribution in [0.15, 0.2) is 12.3 Å². The quantitative estimate of drug-likeness (QED) is 0.854. The normalized spacial score (nSPS) is 19.2. The van der Waals surface area contributed by atoms with Crippen LogP contribution in [-0.2, 0) is 0 Å². The van der Waals surface area contributed by atoms with Crippen molar-refractivity contribution in [2.24, 2.45) is 5.92 Å². The van der Waals surface area contributed by atoms with Crippen molar-refractivity contribution in [3.63, 3.8) is 0 Å². The first-order valence-electron chi connectivity index (χ1n) is 5.44. The zero-order valence-corrected chi connectivity index (χ0v) is 10.1. The molecule has 6 heteroatoms. The van der Waals surface area contributed by atoms with Crippen LogP contribution in [0.1, 0.15) is 16.8 Å². The molecule has 17 heavy (non-hydrogen) atoms. The minimum atomic E-state index is -0.745. The Morgan fingerprint density at radius 1 is 1.71 bits per heavy atom. The van der Waals surface area contributed by atoms with Crippen molar-refractivity contribution in [3.8, 4) is 0 Å². The number of carbonyl (C=O) groups excluding carboxylic acids is 1. The molecule has 1 unspecified atom stereocenters. The largest absolute Gasteiger partial charge is 0.381 e. The lowest BCUT2D eigenvalue weighted by Gasteiger charge is -2.10. The lowest BCUT2D eigenvalue weighted by molar-refractivity contribution is 0.0944. The maximum absolute atomic E-state index is 13.5. The first-order chi connectivity index (χ1) is 8.18. The van der Waals surface area contributed by atoms with Crippen LogP contribution in [0.2, 0.25) is 0 Å². The average Bonchev–Trinajstić information content (AvgIpc) is 2.82. The lowest BCUT2D eigenvalue weighted by atomic mass is 10.1. The van der Waals surface area contributed by atoms with E-state index in [0.717, 1.165) is 17.9 Å². The number of nitrogens with one attached hydrogen (secondary N) is 1. The average molecular weight is 255 g/mol. The van der Waals surface area contributed by atoms with Crippen molar-refractivity contribution in [1.82, 2.24) is 10.3 Å². The molecule has 1 aromatic rings.